The molecule has 7 heteroatoms. The highest BCUT2D eigenvalue weighted by molar-refractivity contribution is 6.30. The van der Waals surface area contributed by atoms with Crippen LogP contribution in [0.1, 0.15) is 24.3 Å². The number of urea groups is 1. The number of benzene rings is 1. The van der Waals surface area contributed by atoms with Crippen LogP contribution in [0.4, 0.5) is 4.79 Å². The number of ether oxygens (including phenoxy) is 1. The standard InChI is InChI=1S/C19H26ClN3O3/c1-5-25-17-9-8-15(20)11-14(17)13-23(4)19(24)21-12-16(22(2)3)18-7-6-10-26-18/h6-11,16H,5,12-13H2,1-4H3,(H,21,24). The number of hydrogen-bond donors (Lipinski definition) is 1. The highest BCUT2D eigenvalue weighted by Crippen LogP contribution is 2.24. The molecule has 0 aliphatic heterocycles. The quantitative estimate of drug-likeness (QED) is 0.758. The average Bonchev–Trinajstić information content (AvgIpc) is 3.11. The number of rotatable bonds is 8. The van der Waals surface area contributed by atoms with E-state index in [1.807, 2.05) is 50.2 Å². The molecule has 0 aliphatic rings. The maximum Gasteiger partial charge on any atom is 0.317 e. The molecule has 1 atom stereocenters. The number of likely N-dealkylation sites (N-methyl/N-ethyl adjacent to an activating group) is 1. The number of nitrogens with one attached hydrogen (secondary N) is 1. The molecule has 2 rings (SSSR count). The van der Waals surface area contributed by atoms with Gasteiger partial charge in [0.15, 0.2) is 0 Å². The van der Waals surface area contributed by atoms with Gasteiger partial charge in [0, 0.05) is 24.2 Å². The third-order valence-corrected chi connectivity index (χ3v) is 4.25. The molecule has 142 valence electrons. The molecule has 1 heterocycles. The van der Waals surface area contributed by atoms with Crippen molar-refractivity contribution >= 4 is 17.6 Å². The van der Waals surface area contributed by atoms with Crippen molar-refractivity contribution in [2.75, 3.05) is 34.3 Å². The Labute approximate surface area is 159 Å². The van der Waals surface area contributed by atoms with Crippen molar-refractivity contribution in [3.63, 3.8) is 0 Å². The first-order chi connectivity index (χ1) is 12.4. The summed E-state index contributed by atoms with van der Waals surface area (Å²) in [4.78, 5) is 16.1. The van der Waals surface area contributed by atoms with Crippen molar-refractivity contribution in [2.45, 2.75) is 19.5 Å². The van der Waals surface area contributed by atoms with Crippen molar-refractivity contribution < 1.29 is 13.9 Å². The number of hydrogen-bond acceptors (Lipinski definition) is 4. The summed E-state index contributed by atoms with van der Waals surface area (Å²) in [6, 6.07) is 8.96. The van der Waals surface area contributed by atoms with Crippen molar-refractivity contribution in [2.24, 2.45) is 0 Å². The maximum atomic E-state index is 12.5. The van der Waals surface area contributed by atoms with Crippen LogP contribution in [0.3, 0.4) is 0 Å². The van der Waals surface area contributed by atoms with Gasteiger partial charge in [-0.05, 0) is 51.4 Å². The normalized spacial score (nSPS) is 12.1. The summed E-state index contributed by atoms with van der Waals surface area (Å²) in [7, 11) is 5.64. The van der Waals surface area contributed by atoms with E-state index in [9.17, 15) is 4.79 Å². The number of furan rings is 1. The Morgan fingerprint density at radius 3 is 2.69 bits per heavy atom. The Morgan fingerprint density at radius 2 is 2.08 bits per heavy atom. The minimum atomic E-state index is -0.175. The second-order valence-electron chi connectivity index (χ2n) is 6.22. The molecule has 1 aromatic carbocycles. The van der Waals surface area contributed by atoms with Crippen LogP contribution >= 0.6 is 11.6 Å². The summed E-state index contributed by atoms with van der Waals surface area (Å²) < 4.78 is 11.1. The van der Waals surface area contributed by atoms with Crippen LogP contribution in [0, 0.1) is 0 Å². The third kappa shape index (κ3) is 5.41. The molecule has 2 aromatic rings. The van der Waals surface area contributed by atoms with Gasteiger partial charge < -0.3 is 19.4 Å². The molecule has 0 radical (unpaired) electrons. The average molecular weight is 380 g/mol. The van der Waals surface area contributed by atoms with Crippen LogP contribution in [-0.2, 0) is 6.54 Å². The predicted octanol–water partition coefficient (Wildman–Crippen LogP) is 3.78. The second-order valence-corrected chi connectivity index (χ2v) is 6.66. The summed E-state index contributed by atoms with van der Waals surface area (Å²) in [5.41, 5.74) is 0.868. The number of nitrogens with zero attached hydrogens (tertiary/aromatic N) is 2. The van der Waals surface area contributed by atoms with Gasteiger partial charge in [-0.2, -0.15) is 0 Å². The topological polar surface area (TPSA) is 58.0 Å². The monoisotopic (exact) mass is 379 g/mol. The molecule has 1 N–H and O–H groups in total. The van der Waals surface area contributed by atoms with Gasteiger partial charge in [0.25, 0.3) is 0 Å². The van der Waals surface area contributed by atoms with E-state index in [4.69, 9.17) is 20.8 Å². The lowest BCUT2D eigenvalue weighted by molar-refractivity contribution is 0.196. The van der Waals surface area contributed by atoms with Crippen LogP contribution in [0.15, 0.2) is 41.0 Å². The smallest absolute Gasteiger partial charge is 0.317 e. The van der Waals surface area contributed by atoms with Gasteiger partial charge in [-0.1, -0.05) is 11.6 Å². The van der Waals surface area contributed by atoms with E-state index in [-0.39, 0.29) is 12.1 Å². The maximum absolute atomic E-state index is 12.5. The Kier molecular flexibility index (Phi) is 7.36. The largest absolute Gasteiger partial charge is 0.494 e. The van der Waals surface area contributed by atoms with Gasteiger partial charge in [0.1, 0.15) is 11.5 Å². The summed E-state index contributed by atoms with van der Waals surface area (Å²) in [6.07, 6.45) is 1.63. The van der Waals surface area contributed by atoms with Crippen molar-refractivity contribution in [1.29, 1.82) is 0 Å². The molecule has 0 spiro atoms. The minimum absolute atomic E-state index is 0.0347. The van der Waals surface area contributed by atoms with E-state index >= 15 is 0 Å². The zero-order valence-electron chi connectivity index (χ0n) is 15.7. The van der Waals surface area contributed by atoms with Crippen molar-refractivity contribution in [3.8, 4) is 5.75 Å². The molecule has 6 nitrogen and oxygen atoms in total. The van der Waals surface area contributed by atoms with Crippen molar-refractivity contribution in [3.05, 3.63) is 52.9 Å². The molecule has 26 heavy (non-hydrogen) atoms. The molecule has 0 saturated carbocycles. The van der Waals surface area contributed by atoms with E-state index < -0.39 is 0 Å². The molecular formula is C19H26ClN3O3. The van der Waals surface area contributed by atoms with Gasteiger partial charge in [0.05, 0.1) is 25.5 Å². The van der Waals surface area contributed by atoms with Crippen LogP contribution in [0.5, 0.6) is 5.75 Å². The first kappa shape index (κ1) is 20.1. The summed E-state index contributed by atoms with van der Waals surface area (Å²) in [5, 5.41) is 3.56. The van der Waals surface area contributed by atoms with Gasteiger partial charge in [-0.3, -0.25) is 4.90 Å². The van der Waals surface area contributed by atoms with E-state index in [1.54, 1.807) is 24.3 Å². The molecule has 0 fully saturated rings. The van der Waals surface area contributed by atoms with Gasteiger partial charge in [0.2, 0.25) is 0 Å². The second kappa shape index (κ2) is 9.50. The van der Waals surface area contributed by atoms with Gasteiger partial charge >= 0.3 is 6.03 Å². The number of carbonyl (C=O) groups excluding carboxylic acids is 1. The van der Waals surface area contributed by atoms with Crippen LogP contribution in [0.25, 0.3) is 0 Å². The fraction of sp³-hybridized carbons (Fsp3) is 0.421. The van der Waals surface area contributed by atoms with Crippen molar-refractivity contribution in [1.82, 2.24) is 15.1 Å². The zero-order valence-corrected chi connectivity index (χ0v) is 16.4. The summed E-state index contributed by atoms with van der Waals surface area (Å²) in [5.74, 6) is 1.55. The lowest BCUT2D eigenvalue weighted by atomic mass is 10.2. The van der Waals surface area contributed by atoms with E-state index in [0.29, 0.717) is 24.7 Å². The Hall–Kier alpha value is -2.18. The highest BCUT2D eigenvalue weighted by atomic mass is 35.5. The zero-order chi connectivity index (χ0) is 19.1. The molecule has 1 aromatic heterocycles. The number of halogens is 1. The fourth-order valence-electron chi connectivity index (χ4n) is 2.63. The van der Waals surface area contributed by atoms with E-state index in [0.717, 1.165) is 17.1 Å². The summed E-state index contributed by atoms with van der Waals surface area (Å²) in [6.45, 7) is 3.32. The Bertz CT molecular complexity index is 704. The molecule has 1 unspecified atom stereocenters. The number of carbonyl (C=O) groups is 1. The van der Waals surface area contributed by atoms with E-state index in [1.165, 1.54) is 0 Å². The lowest BCUT2D eigenvalue weighted by Crippen LogP contribution is -2.41. The highest BCUT2D eigenvalue weighted by Gasteiger charge is 2.19. The van der Waals surface area contributed by atoms with E-state index in [2.05, 4.69) is 5.32 Å². The molecule has 2 amide bonds. The minimum Gasteiger partial charge on any atom is -0.494 e. The van der Waals surface area contributed by atoms with Crippen LogP contribution < -0.4 is 10.1 Å². The SMILES string of the molecule is CCOc1ccc(Cl)cc1CN(C)C(=O)NCC(c1ccco1)N(C)C. The first-order valence-electron chi connectivity index (χ1n) is 8.52. The predicted molar refractivity (Wildman–Crippen MR) is 103 cm³/mol. The molecular weight excluding hydrogens is 354 g/mol. The molecule has 0 bridgehead atoms. The summed E-state index contributed by atoms with van der Waals surface area (Å²) >= 11 is 6.08. The lowest BCUT2D eigenvalue weighted by Gasteiger charge is -2.25. The first-order valence-corrected chi connectivity index (χ1v) is 8.90. The molecule has 0 saturated heterocycles. The third-order valence-electron chi connectivity index (χ3n) is 4.02. The Morgan fingerprint density at radius 1 is 1.31 bits per heavy atom. The fourth-order valence-corrected chi connectivity index (χ4v) is 2.83. The molecule has 0 aliphatic carbocycles. The van der Waals surface area contributed by atoms with Gasteiger partial charge in [-0.25, -0.2) is 4.79 Å². The Balaban J connectivity index is 1.98. The van der Waals surface area contributed by atoms with Crippen LogP contribution in [0.2, 0.25) is 5.02 Å². The van der Waals surface area contributed by atoms with Gasteiger partial charge in [-0.15, -0.1) is 0 Å². The van der Waals surface area contributed by atoms with Crippen LogP contribution in [-0.4, -0.2) is 50.1 Å². The number of amides is 2.